The molecule has 7 heteroatoms. The normalized spacial score (nSPS) is 22.2. The monoisotopic (exact) mass is 454 g/mol. The van der Waals surface area contributed by atoms with Gasteiger partial charge < -0.3 is 19.3 Å². The quantitative estimate of drug-likeness (QED) is 0.695. The Labute approximate surface area is 194 Å². The lowest BCUT2D eigenvalue weighted by Crippen LogP contribution is -2.62. The van der Waals surface area contributed by atoms with Crippen LogP contribution in [-0.2, 0) is 16.0 Å². The van der Waals surface area contributed by atoms with Crippen molar-refractivity contribution in [3.8, 4) is 5.75 Å². The van der Waals surface area contributed by atoms with Crippen LogP contribution in [0.15, 0.2) is 48.5 Å². The van der Waals surface area contributed by atoms with Gasteiger partial charge in [-0.3, -0.25) is 9.59 Å². The summed E-state index contributed by atoms with van der Waals surface area (Å²) < 4.78 is 25.9. The molecular weight excluding hydrogens is 423 g/mol. The van der Waals surface area contributed by atoms with Crippen LogP contribution in [0.4, 0.5) is 4.39 Å². The van der Waals surface area contributed by atoms with E-state index in [4.69, 9.17) is 9.47 Å². The lowest BCUT2D eigenvalue weighted by atomic mass is 9.90. The van der Waals surface area contributed by atoms with Gasteiger partial charge in [-0.05, 0) is 62.4 Å². The summed E-state index contributed by atoms with van der Waals surface area (Å²) in [5.41, 5.74) is 0.342. The van der Waals surface area contributed by atoms with Crippen molar-refractivity contribution in [2.75, 3.05) is 39.4 Å². The molecule has 1 fully saturated rings. The Morgan fingerprint density at radius 3 is 2.76 bits per heavy atom. The highest BCUT2D eigenvalue weighted by molar-refractivity contribution is 5.95. The Morgan fingerprint density at radius 2 is 1.94 bits per heavy atom. The Kier molecular flexibility index (Phi) is 7.28. The molecule has 2 amide bonds. The minimum absolute atomic E-state index is 0.112. The summed E-state index contributed by atoms with van der Waals surface area (Å²) in [6, 6.07) is 13.7. The van der Waals surface area contributed by atoms with Crippen molar-refractivity contribution in [1.82, 2.24) is 9.80 Å². The van der Waals surface area contributed by atoms with Gasteiger partial charge in [-0.15, -0.1) is 0 Å². The topological polar surface area (TPSA) is 59.1 Å². The molecule has 2 aromatic rings. The van der Waals surface area contributed by atoms with Crippen molar-refractivity contribution in [3.63, 3.8) is 0 Å². The molecule has 33 heavy (non-hydrogen) atoms. The SMILES string of the molecule is CCN1CCOc2ccccc2CCCCC2(CN(C(=O)c3cccc(F)c3)CCO2)C1=O. The summed E-state index contributed by atoms with van der Waals surface area (Å²) in [5.74, 6) is 0.0241. The van der Waals surface area contributed by atoms with E-state index in [1.807, 2.05) is 25.1 Å². The fourth-order valence-corrected chi connectivity index (χ4v) is 4.68. The molecule has 0 aromatic heterocycles. The first kappa shape index (κ1) is 23.2. The maximum atomic E-state index is 13.7. The number of fused-ring (bicyclic) bond motifs is 1. The summed E-state index contributed by atoms with van der Waals surface area (Å²) in [7, 11) is 0. The number of ether oxygens (including phenoxy) is 2. The molecule has 0 N–H and O–H groups in total. The van der Waals surface area contributed by atoms with Crippen LogP contribution in [0.25, 0.3) is 0 Å². The summed E-state index contributed by atoms with van der Waals surface area (Å²) in [5, 5.41) is 0. The number of benzene rings is 2. The molecule has 2 aliphatic heterocycles. The molecule has 1 atom stereocenters. The van der Waals surface area contributed by atoms with Crippen LogP contribution in [-0.4, -0.2) is 66.6 Å². The van der Waals surface area contributed by atoms with E-state index in [-0.39, 0.29) is 30.5 Å². The van der Waals surface area contributed by atoms with E-state index in [0.717, 1.165) is 30.6 Å². The maximum Gasteiger partial charge on any atom is 0.256 e. The minimum Gasteiger partial charge on any atom is -0.491 e. The Morgan fingerprint density at radius 1 is 1.09 bits per heavy atom. The van der Waals surface area contributed by atoms with Crippen molar-refractivity contribution in [1.29, 1.82) is 0 Å². The van der Waals surface area contributed by atoms with Crippen molar-refractivity contribution in [2.45, 2.75) is 38.2 Å². The largest absolute Gasteiger partial charge is 0.491 e. The first-order chi connectivity index (χ1) is 16.0. The zero-order valence-corrected chi connectivity index (χ0v) is 19.1. The fourth-order valence-electron chi connectivity index (χ4n) is 4.68. The third-order valence-corrected chi connectivity index (χ3v) is 6.47. The highest BCUT2D eigenvalue weighted by Crippen LogP contribution is 2.30. The zero-order chi connectivity index (χ0) is 23.3. The smallest absolute Gasteiger partial charge is 0.256 e. The van der Waals surface area contributed by atoms with E-state index in [0.29, 0.717) is 32.7 Å². The highest BCUT2D eigenvalue weighted by atomic mass is 19.1. The van der Waals surface area contributed by atoms with Crippen LogP contribution >= 0.6 is 0 Å². The second-order valence-electron chi connectivity index (χ2n) is 8.63. The first-order valence-electron chi connectivity index (χ1n) is 11.7. The second-order valence-corrected chi connectivity index (χ2v) is 8.63. The van der Waals surface area contributed by atoms with Crippen molar-refractivity contribution >= 4 is 11.8 Å². The number of rotatable bonds is 2. The molecular formula is C26H31FN2O4. The molecule has 1 saturated heterocycles. The molecule has 1 spiro atoms. The summed E-state index contributed by atoms with van der Waals surface area (Å²) in [6.45, 7) is 4.08. The number of likely N-dealkylation sites (N-methyl/N-ethyl adjacent to an activating group) is 1. The molecule has 2 aliphatic rings. The van der Waals surface area contributed by atoms with Gasteiger partial charge in [-0.25, -0.2) is 4.39 Å². The average molecular weight is 455 g/mol. The van der Waals surface area contributed by atoms with Gasteiger partial charge in [-0.1, -0.05) is 24.3 Å². The van der Waals surface area contributed by atoms with E-state index in [2.05, 4.69) is 6.07 Å². The molecule has 1 unspecified atom stereocenters. The summed E-state index contributed by atoms with van der Waals surface area (Å²) in [6.07, 6.45) is 3.03. The van der Waals surface area contributed by atoms with E-state index in [1.54, 1.807) is 15.9 Å². The number of morpholine rings is 1. The van der Waals surface area contributed by atoms with Crippen LogP contribution in [0.2, 0.25) is 0 Å². The van der Waals surface area contributed by atoms with E-state index >= 15 is 0 Å². The Balaban J connectivity index is 1.57. The number of aryl methyl sites for hydroxylation is 1. The van der Waals surface area contributed by atoms with Gasteiger partial charge in [0, 0.05) is 18.7 Å². The van der Waals surface area contributed by atoms with Crippen LogP contribution in [0, 0.1) is 5.82 Å². The fraction of sp³-hybridized carbons (Fsp3) is 0.462. The van der Waals surface area contributed by atoms with Crippen molar-refractivity contribution < 1.29 is 23.5 Å². The van der Waals surface area contributed by atoms with E-state index < -0.39 is 11.4 Å². The molecule has 6 nitrogen and oxygen atoms in total. The Hall–Kier alpha value is -2.93. The third-order valence-electron chi connectivity index (χ3n) is 6.47. The van der Waals surface area contributed by atoms with Crippen LogP contribution in [0.5, 0.6) is 5.75 Å². The zero-order valence-electron chi connectivity index (χ0n) is 19.1. The molecule has 0 aliphatic carbocycles. The van der Waals surface area contributed by atoms with Gasteiger partial charge >= 0.3 is 0 Å². The molecule has 176 valence electrons. The van der Waals surface area contributed by atoms with Gasteiger partial charge in [0.15, 0.2) is 5.60 Å². The predicted octanol–water partition coefficient (Wildman–Crippen LogP) is 3.69. The number of amides is 2. The third kappa shape index (κ3) is 5.19. The molecule has 0 saturated carbocycles. The minimum atomic E-state index is -1.10. The summed E-state index contributed by atoms with van der Waals surface area (Å²) in [4.78, 5) is 30.2. The van der Waals surface area contributed by atoms with Crippen molar-refractivity contribution in [2.24, 2.45) is 0 Å². The number of hydrogen-bond donors (Lipinski definition) is 0. The van der Waals surface area contributed by atoms with Gasteiger partial charge in [0.25, 0.3) is 11.8 Å². The molecule has 4 rings (SSSR count). The average Bonchev–Trinajstić information content (AvgIpc) is 2.84. The maximum absolute atomic E-state index is 13.7. The van der Waals surface area contributed by atoms with E-state index in [1.165, 1.54) is 18.2 Å². The van der Waals surface area contributed by atoms with Gasteiger partial charge in [-0.2, -0.15) is 0 Å². The van der Waals surface area contributed by atoms with Gasteiger partial charge in [0.05, 0.1) is 19.7 Å². The van der Waals surface area contributed by atoms with Crippen LogP contribution < -0.4 is 4.74 Å². The molecule has 0 radical (unpaired) electrons. The van der Waals surface area contributed by atoms with E-state index in [9.17, 15) is 14.0 Å². The van der Waals surface area contributed by atoms with Gasteiger partial charge in [0.2, 0.25) is 0 Å². The number of halogens is 1. The second kappa shape index (κ2) is 10.3. The van der Waals surface area contributed by atoms with Crippen LogP contribution in [0.3, 0.4) is 0 Å². The summed E-state index contributed by atoms with van der Waals surface area (Å²) >= 11 is 0. The number of para-hydroxylation sites is 1. The van der Waals surface area contributed by atoms with Crippen molar-refractivity contribution in [3.05, 3.63) is 65.5 Å². The van der Waals surface area contributed by atoms with Crippen LogP contribution in [0.1, 0.15) is 42.1 Å². The van der Waals surface area contributed by atoms with Gasteiger partial charge in [0.1, 0.15) is 18.2 Å². The number of hydrogen-bond acceptors (Lipinski definition) is 4. The molecule has 0 bridgehead atoms. The lowest BCUT2D eigenvalue weighted by Gasteiger charge is -2.44. The number of carbonyl (C=O) groups excluding carboxylic acids is 2. The molecule has 2 aromatic carbocycles. The Bertz CT molecular complexity index is 998. The highest BCUT2D eigenvalue weighted by Gasteiger charge is 2.46. The lowest BCUT2D eigenvalue weighted by molar-refractivity contribution is -0.170. The molecule has 2 heterocycles. The number of carbonyl (C=O) groups is 2. The predicted molar refractivity (Wildman–Crippen MR) is 123 cm³/mol. The first-order valence-corrected chi connectivity index (χ1v) is 11.7. The number of nitrogens with zero attached hydrogens (tertiary/aromatic N) is 2. The standard InChI is InChI=1S/C26H31FN2O4/c1-2-28-14-16-32-23-12-4-3-8-20(23)9-5-6-13-26(25(28)31)19-29(15-17-33-26)24(30)21-10-7-11-22(27)18-21/h3-4,7-8,10-12,18H,2,5-6,9,13-17,19H2,1H3.